The molecule has 0 radical (unpaired) electrons. The zero-order chi connectivity index (χ0) is 20.2. The van der Waals surface area contributed by atoms with E-state index < -0.39 is 11.9 Å². The zero-order valence-corrected chi connectivity index (χ0v) is 16.5. The molecule has 3 aromatic rings. The van der Waals surface area contributed by atoms with Crippen LogP contribution in [0.5, 0.6) is 0 Å². The fourth-order valence-electron chi connectivity index (χ4n) is 3.54. The molecule has 152 valence electrons. The molecule has 1 saturated heterocycles. The highest BCUT2D eigenvalue weighted by Crippen LogP contribution is 2.24. The second-order valence-electron chi connectivity index (χ2n) is 7.07. The summed E-state index contributed by atoms with van der Waals surface area (Å²) in [5, 5.41) is 15.2. The molecular formula is C21H22ClN3O4. The second-order valence-corrected chi connectivity index (χ2v) is 7.51. The van der Waals surface area contributed by atoms with Gasteiger partial charge in [0.05, 0.1) is 25.4 Å². The maximum atomic E-state index is 12.1. The van der Waals surface area contributed by atoms with Gasteiger partial charge in [0.25, 0.3) is 0 Å². The Morgan fingerprint density at radius 2 is 1.90 bits per heavy atom. The summed E-state index contributed by atoms with van der Waals surface area (Å²) in [6.45, 7) is 2.46. The van der Waals surface area contributed by atoms with Crippen molar-refractivity contribution in [1.29, 1.82) is 0 Å². The Kier molecular flexibility index (Phi) is 6.10. The van der Waals surface area contributed by atoms with Crippen LogP contribution in [0, 0.1) is 0 Å². The van der Waals surface area contributed by atoms with Gasteiger partial charge in [-0.15, -0.1) is 0 Å². The van der Waals surface area contributed by atoms with Crippen molar-refractivity contribution in [2.75, 3.05) is 26.2 Å². The van der Waals surface area contributed by atoms with Crippen molar-refractivity contribution in [2.24, 2.45) is 0 Å². The van der Waals surface area contributed by atoms with Gasteiger partial charge in [-0.25, -0.2) is 4.79 Å². The molecule has 29 heavy (non-hydrogen) atoms. The average molecular weight is 416 g/mol. The molecule has 1 N–H and O–H groups in total. The lowest BCUT2D eigenvalue weighted by molar-refractivity contribution is -0.0435. The van der Waals surface area contributed by atoms with E-state index in [1.165, 1.54) is 4.57 Å². The monoisotopic (exact) mass is 415 g/mol. The van der Waals surface area contributed by atoms with E-state index in [2.05, 4.69) is 10.1 Å². The largest absolute Gasteiger partial charge is 0.441 e. The summed E-state index contributed by atoms with van der Waals surface area (Å²) in [7, 11) is 0. The van der Waals surface area contributed by atoms with Gasteiger partial charge in [-0.2, -0.15) is 0 Å². The number of aliphatic hydroxyl groups excluding tert-OH is 1. The number of rotatable bonds is 6. The van der Waals surface area contributed by atoms with Gasteiger partial charge in [0.1, 0.15) is 0 Å². The van der Waals surface area contributed by atoms with E-state index in [4.69, 9.17) is 20.9 Å². The molecule has 2 heterocycles. The van der Waals surface area contributed by atoms with Gasteiger partial charge in [-0.3, -0.25) is 14.0 Å². The van der Waals surface area contributed by atoms with E-state index in [9.17, 15) is 9.90 Å². The predicted molar refractivity (Wildman–Crippen MR) is 109 cm³/mol. The first-order valence-electron chi connectivity index (χ1n) is 9.49. The smallest absolute Gasteiger partial charge is 0.390 e. The fourth-order valence-corrected chi connectivity index (χ4v) is 3.66. The molecule has 1 aromatic heterocycles. The van der Waals surface area contributed by atoms with E-state index in [0.717, 1.165) is 11.1 Å². The standard InChI is InChI=1S/C21H22ClN3O4/c22-17-8-6-15(7-9-17)19-14-24(10-11-28-19)12-18(26)13-25-20(23-29-21(25)27)16-4-2-1-3-5-16/h1-9,18-19,26H,10-14H2. The minimum absolute atomic E-state index is 0.0774. The summed E-state index contributed by atoms with van der Waals surface area (Å²) in [6, 6.07) is 16.9. The number of hydrogen-bond donors (Lipinski definition) is 1. The number of aliphatic hydroxyl groups is 1. The van der Waals surface area contributed by atoms with Gasteiger partial charge in [0.2, 0.25) is 0 Å². The number of halogens is 1. The van der Waals surface area contributed by atoms with Crippen molar-refractivity contribution in [2.45, 2.75) is 18.8 Å². The van der Waals surface area contributed by atoms with Crippen LogP contribution < -0.4 is 5.76 Å². The van der Waals surface area contributed by atoms with Crippen molar-refractivity contribution in [3.05, 3.63) is 75.7 Å². The van der Waals surface area contributed by atoms with Gasteiger partial charge in [0.15, 0.2) is 5.82 Å². The Labute approximate surface area is 173 Å². The number of β-amino-alcohol motifs (C(OH)–C–C–N with tert-alkyl or cyclic N) is 1. The maximum absolute atomic E-state index is 12.1. The van der Waals surface area contributed by atoms with E-state index >= 15 is 0 Å². The van der Waals surface area contributed by atoms with Gasteiger partial charge in [-0.05, 0) is 17.7 Å². The topological polar surface area (TPSA) is 80.7 Å². The summed E-state index contributed by atoms with van der Waals surface area (Å²) in [4.78, 5) is 14.2. The van der Waals surface area contributed by atoms with Gasteiger partial charge >= 0.3 is 5.76 Å². The lowest BCUT2D eigenvalue weighted by Gasteiger charge is -2.34. The third-order valence-electron chi connectivity index (χ3n) is 4.97. The molecule has 0 saturated carbocycles. The number of morpholine rings is 1. The van der Waals surface area contributed by atoms with Crippen molar-refractivity contribution in [3.8, 4) is 11.4 Å². The van der Waals surface area contributed by atoms with Crippen LogP contribution in [0.15, 0.2) is 63.9 Å². The SMILES string of the molecule is O=c1onc(-c2ccccc2)n1CC(O)CN1CCOC(c2ccc(Cl)cc2)C1. The number of aromatic nitrogens is 2. The van der Waals surface area contributed by atoms with Crippen LogP contribution in [-0.2, 0) is 11.3 Å². The summed E-state index contributed by atoms with van der Waals surface area (Å²) in [5.74, 6) is -0.167. The Balaban J connectivity index is 1.41. The van der Waals surface area contributed by atoms with Crippen LogP contribution in [0.3, 0.4) is 0 Å². The first-order chi connectivity index (χ1) is 14.1. The van der Waals surface area contributed by atoms with Gasteiger partial charge in [0, 0.05) is 30.2 Å². The van der Waals surface area contributed by atoms with E-state index in [0.29, 0.717) is 37.1 Å². The summed E-state index contributed by atoms with van der Waals surface area (Å²) >= 11 is 5.96. The van der Waals surface area contributed by atoms with Gasteiger partial charge < -0.3 is 9.84 Å². The Bertz CT molecular complexity index is 987. The fraction of sp³-hybridized carbons (Fsp3) is 0.333. The van der Waals surface area contributed by atoms with Crippen molar-refractivity contribution in [3.63, 3.8) is 0 Å². The molecule has 1 fully saturated rings. The average Bonchev–Trinajstić information content (AvgIpc) is 3.09. The van der Waals surface area contributed by atoms with Crippen LogP contribution in [-0.4, -0.2) is 52.1 Å². The summed E-state index contributed by atoms with van der Waals surface area (Å²) < 4.78 is 12.1. The first kappa shape index (κ1) is 19.8. The number of hydrogen-bond acceptors (Lipinski definition) is 6. The highest BCUT2D eigenvalue weighted by Gasteiger charge is 2.25. The van der Waals surface area contributed by atoms with Crippen LogP contribution in [0.2, 0.25) is 5.02 Å². The molecule has 0 bridgehead atoms. The molecule has 2 unspecified atom stereocenters. The first-order valence-corrected chi connectivity index (χ1v) is 9.87. The molecule has 2 atom stereocenters. The van der Waals surface area contributed by atoms with Crippen LogP contribution in [0.25, 0.3) is 11.4 Å². The summed E-state index contributed by atoms with van der Waals surface area (Å²) in [5.41, 5.74) is 1.81. The molecule has 1 aliphatic rings. The second kappa shape index (κ2) is 8.92. The minimum Gasteiger partial charge on any atom is -0.390 e. The predicted octanol–water partition coefficient (Wildman–Crippen LogP) is 2.59. The molecule has 2 aromatic carbocycles. The molecule has 0 aliphatic carbocycles. The third kappa shape index (κ3) is 4.76. The van der Waals surface area contributed by atoms with Crippen LogP contribution >= 0.6 is 11.6 Å². The van der Waals surface area contributed by atoms with Crippen molar-refractivity contribution < 1.29 is 14.4 Å². The van der Waals surface area contributed by atoms with Crippen molar-refractivity contribution in [1.82, 2.24) is 14.6 Å². The van der Waals surface area contributed by atoms with Crippen LogP contribution in [0.4, 0.5) is 0 Å². The highest BCUT2D eigenvalue weighted by atomic mass is 35.5. The number of ether oxygens (including phenoxy) is 1. The lowest BCUT2D eigenvalue weighted by atomic mass is 10.1. The van der Waals surface area contributed by atoms with Gasteiger partial charge in [-0.1, -0.05) is 59.2 Å². The Hall–Kier alpha value is -2.45. The molecule has 1 aliphatic heterocycles. The quantitative estimate of drug-likeness (QED) is 0.666. The van der Waals surface area contributed by atoms with Crippen LogP contribution in [0.1, 0.15) is 11.7 Å². The number of benzene rings is 2. The molecule has 0 spiro atoms. The molecule has 7 nitrogen and oxygen atoms in total. The zero-order valence-electron chi connectivity index (χ0n) is 15.8. The Morgan fingerprint density at radius 3 is 2.66 bits per heavy atom. The third-order valence-corrected chi connectivity index (χ3v) is 5.22. The molecule has 8 heteroatoms. The van der Waals surface area contributed by atoms with E-state index in [1.54, 1.807) is 0 Å². The molecule has 4 rings (SSSR count). The molecule has 0 amide bonds. The normalized spacial score (nSPS) is 18.6. The highest BCUT2D eigenvalue weighted by molar-refractivity contribution is 6.30. The minimum atomic E-state index is -0.751. The number of nitrogens with zero attached hydrogens (tertiary/aromatic N) is 3. The maximum Gasteiger partial charge on any atom is 0.441 e. The van der Waals surface area contributed by atoms with E-state index in [1.807, 2.05) is 54.6 Å². The Morgan fingerprint density at radius 1 is 1.14 bits per heavy atom. The lowest BCUT2D eigenvalue weighted by Crippen LogP contribution is -2.43. The van der Waals surface area contributed by atoms with E-state index in [-0.39, 0.29) is 12.6 Å². The summed E-state index contributed by atoms with van der Waals surface area (Å²) in [6.07, 6.45) is -0.829. The van der Waals surface area contributed by atoms with Crippen molar-refractivity contribution >= 4 is 11.6 Å². The molecular weight excluding hydrogens is 394 g/mol.